The Morgan fingerprint density at radius 1 is 1.11 bits per heavy atom. The van der Waals surface area contributed by atoms with E-state index in [0.717, 1.165) is 25.0 Å². The predicted molar refractivity (Wildman–Crippen MR) is 112 cm³/mol. The number of carbonyl (C=O) groups excluding carboxylic acids is 2. The summed E-state index contributed by atoms with van der Waals surface area (Å²) in [6, 6.07) is 16.4. The second-order valence-electron chi connectivity index (χ2n) is 6.59. The summed E-state index contributed by atoms with van der Waals surface area (Å²) in [5.74, 6) is -0.368. The Hall–Kier alpha value is -2.77. The van der Waals surface area contributed by atoms with E-state index >= 15 is 0 Å². The van der Waals surface area contributed by atoms with Crippen molar-refractivity contribution in [2.75, 3.05) is 18.5 Å². The smallest absolute Gasteiger partial charge is 0.251 e. The molecule has 0 unspecified atom stereocenters. The van der Waals surface area contributed by atoms with Gasteiger partial charge in [0.05, 0.1) is 12.5 Å². The van der Waals surface area contributed by atoms with Crippen molar-refractivity contribution in [3.05, 3.63) is 65.7 Å². The van der Waals surface area contributed by atoms with Crippen molar-refractivity contribution in [1.82, 2.24) is 10.6 Å². The first-order valence-electron chi connectivity index (χ1n) is 9.25. The van der Waals surface area contributed by atoms with E-state index in [4.69, 9.17) is 17.0 Å². The molecule has 0 aliphatic carbocycles. The number of amides is 2. The van der Waals surface area contributed by atoms with Gasteiger partial charge in [-0.25, -0.2) is 0 Å². The SMILES string of the molecule is O=C(Cc1ccccc1)NC(=S)Nc1cccc(C(=O)NC[C@H]2CCCO2)c1. The molecule has 0 bridgehead atoms. The molecule has 2 aromatic carbocycles. The molecule has 1 fully saturated rings. The Bertz CT molecular complexity index is 836. The highest BCUT2D eigenvalue weighted by Crippen LogP contribution is 2.13. The van der Waals surface area contributed by atoms with Crippen molar-refractivity contribution < 1.29 is 14.3 Å². The van der Waals surface area contributed by atoms with Crippen LogP contribution in [0.15, 0.2) is 54.6 Å². The van der Waals surface area contributed by atoms with Crippen LogP contribution in [0.3, 0.4) is 0 Å². The van der Waals surface area contributed by atoms with Crippen molar-refractivity contribution >= 4 is 34.8 Å². The van der Waals surface area contributed by atoms with E-state index in [2.05, 4.69) is 16.0 Å². The van der Waals surface area contributed by atoms with Crippen LogP contribution in [0.5, 0.6) is 0 Å². The fourth-order valence-corrected chi connectivity index (χ4v) is 3.20. The topological polar surface area (TPSA) is 79.5 Å². The van der Waals surface area contributed by atoms with Gasteiger partial charge in [-0.15, -0.1) is 0 Å². The molecule has 0 radical (unpaired) electrons. The summed E-state index contributed by atoms with van der Waals surface area (Å²) in [7, 11) is 0. The second kappa shape index (κ2) is 9.96. The van der Waals surface area contributed by atoms with E-state index in [1.165, 1.54) is 0 Å². The number of hydrogen-bond donors (Lipinski definition) is 3. The van der Waals surface area contributed by atoms with Gasteiger partial charge in [0.25, 0.3) is 5.91 Å². The van der Waals surface area contributed by atoms with Crippen molar-refractivity contribution in [1.29, 1.82) is 0 Å². The first-order chi connectivity index (χ1) is 13.6. The van der Waals surface area contributed by atoms with E-state index < -0.39 is 0 Å². The van der Waals surface area contributed by atoms with Crippen LogP contribution in [0.1, 0.15) is 28.8 Å². The molecule has 1 aliphatic rings. The van der Waals surface area contributed by atoms with Crippen molar-refractivity contribution in [3.63, 3.8) is 0 Å². The molecular formula is C21H23N3O3S. The average molecular weight is 398 g/mol. The summed E-state index contributed by atoms with van der Waals surface area (Å²) >= 11 is 5.20. The van der Waals surface area contributed by atoms with Crippen LogP contribution in [0.25, 0.3) is 0 Å². The van der Waals surface area contributed by atoms with Crippen LogP contribution >= 0.6 is 12.2 Å². The molecule has 1 saturated heterocycles. The number of rotatable bonds is 6. The van der Waals surface area contributed by atoms with Gasteiger partial charge in [-0.3, -0.25) is 9.59 Å². The Morgan fingerprint density at radius 2 is 1.93 bits per heavy atom. The minimum absolute atomic E-state index is 0.0951. The zero-order valence-electron chi connectivity index (χ0n) is 15.4. The number of ether oxygens (including phenoxy) is 1. The van der Waals surface area contributed by atoms with Gasteiger partial charge in [0.15, 0.2) is 5.11 Å². The van der Waals surface area contributed by atoms with Crippen molar-refractivity contribution in [2.45, 2.75) is 25.4 Å². The van der Waals surface area contributed by atoms with E-state index in [1.807, 2.05) is 30.3 Å². The van der Waals surface area contributed by atoms with Crippen LogP contribution in [-0.4, -0.2) is 36.2 Å². The first kappa shape index (κ1) is 20.0. The summed E-state index contributed by atoms with van der Waals surface area (Å²) < 4.78 is 5.51. The van der Waals surface area contributed by atoms with Gasteiger partial charge in [-0.1, -0.05) is 36.4 Å². The van der Waals surface area contributed by atoms with E-state index in [-0.39, 0.29) is 29.5 Å². The fourth-order valence-electron chi connectivity index (χ4n) is 2.97. The van der Waals surface area contributed by atoms with Crippen LogP contribution in [0, 0.1) is 0 Å². The summed E-state index contributed by atoms with van der Waals surface area (Å²) in [5, 5.41) is 8.68. The maximum absolute atomic E-state index is 12.3. The summed E-state index contributed by atoms with van der Waals surface area (Å²) in [5.41, 5.74) is 2.06. The van der Waals surface area contributed by atoms with E-state index in [1.54, 1.807) is 24.3 Å². The molecule has 0 saturated carbocycles. The van der Waals surface area contributed by atoms with Crippen LogP contribution in [0.2, 0.25) is 0 Å². The zero-order chi connectivity index (χ0) is 19.8. The molecule has 2 aromatic rings. The Kier molecular flexibility index (Phi) is 7.11. The lowest BCUT2D eigenvalue weighted by atomic mass is 10.1. The van der Waals surface area contributed by atoms with Gasteiger partial charge < -0.3 is 20.7 Å². The second-order valence-corrected chi connectivity index (χ2v) is 7.00. The third kappa shape index (κ3) is 6.14. The number of hydrogen-bond acceptors (Lipinski definition) is 4. The maximum atomic E-state index is 12.3. The zero-order valence-corrected chi connectivity index (χ0v) is 16.3. The largest absolute Gasteiger partial charge is 0.376 e. The number of carbonyl (C=O) groups is 2. The minimum Gasteiger partial charge on any atom is -0.376 e. The highest BCUT2D eigenvalue weighted by Gasteiger charge is 2.17. The Balaban J connectivity index is 1.49. The number of nitrogens with one attached hydrogen (secondary N) is 3. The molecule has 0 spiro atoms. The van der Waals surface area contributed by atoms with Gasteiger partial charge in [0, 0.05) is 24.4 Å². The Morgan fingerprint density at radius 3 is 2.68 bits per heavy atom. The van der Waals surface area contributed by atoms with Crippen LogP contribution in [0.4, 0.5) is 5.69 Å². The molecule has 1 aliphatic heterocycles. The lowest BCUT2D eigenvalue weighted by molar-refractivity contribution is -0.119. The highest BCUT2D eigenvalue weighted by atomic mass is 32.1. The molecule has 146 valence electrons. The monoisotopic (exact) mass is 397 g/mol. The molecule has 2 amide bonds. The molecule has 3 N–H and O–H groups in total. The molecule has 1 atom stereocenters. The van der Waals surface area contributed by atoms with Gasteiger partial charge >= 0.3 is 0 Å². The molecular weight excluding hydrogens is 374 g/mol. The molecule has 28 heavy (non-hydrogen) atoms. The average Bonchev–Trinajstić information content (AvgIpc) is 3.20. The summed E-state index contributed by atoms with van der Waals surface area (Å²) in [6.07, 6.45) is 2.35. The first-order valence-corrected chi connectivity index (χ1v) is 9.65. The summed E-state index contributed by atoms with van der Waals surface area (Å²) in [4.78, 5) is 24.4. The third-order valence-electron chi connectivity index (χ3n) is 4.36. The van der Waals surface area contributed by atoms with Crippen molar-refractivity contribution in [2.24, 2.45) is 0 Å². The standard InChI is InChI=1S/C21H23N3O3S/c25-19(12-15-6-2-1-3-7-15)24-21(28)23-17-9-4-8-16(13-17)20(26)22-14-18-10-5-11-27-18/h1-4,6-9,13,18H,5,10-12,14H2,(H,22,26)(H2,23,24,25,28)/t18-/m1/s1. The molecule has 0 aromatic heterocycles. The van der Waals surface area contributed by atoms with Crippen molar-refractivity contribution in [3.8, 4) is 0 Å². The normalized spacial score (nSPS) is 15.6. The predicted octanol–water partition coefficient (Wildman–Crippen LogP) is 2.65. The van der Waals surface area contributed by atoms with E-state index in [9.17, 15) is 9.59 Å². The van der Waals surface area contributed by atoms with Gasteiger partial charge in [0.1, 0.15) is 0 Å². The lowest BCUT2D eigenvalue weighted by Gasteiger charge is -2.12. The number of anilines is 1. The highest BCUT2D eigenvalue weighted by molar-refractivity contribution is 7.80. The minimum atomic E-state index is -0.200. The van der Waals surface area contributed by atoms with Gasteiger partial charge in [0.2, 0.25) is 5.91 Å². The van der Waals surface area contributed by atoms with Crippen LogP contribution < -0.4 is 16.0 Å². The number of benzene rings is 2. The lowest BCUT2D eigenvalue weighted by Crippen LogP contribution is -2.35. The summed E-state index contributed by atoms with van der Waals surface area (Å²) in [6.45, 7) is 1.26. The van der Waals surface area contributed by atoms with Crippen LogP contribution in [-0.2, 0) is 16.0 Å². The third-order valence-corrected chi connectivity index (χ3v) is 4.56. The maximum Gasteiger partial charge on any atom is 0.251 e. The van der Waals surface area contributed by atoms with Gasteiger partial charge in [-0.2, -0.15) is 0 Å². The number of thiocarbonyl (C=S) groups is 1. The quantitative estimate of drug-likeness (QED) is 0.653. The van der Waals surface area contributed by atoms with E-state index in [0.29, 0.717) is 17.8 Å². The molecule has 7 heteroatoms. The Labute approximate surface area is 169 Å². The van der Waals surface area contributed by atoms with Gasteiger partial charge in [-0.05, 0) is 48.8 Å². The fraction of sp³-hybridized carbons (Fsp3) is 0.286. The molecule has 6 nitrogen and oxygen atoms in total. The molecule has 3 rings (SSSR count). The molecule has 1 heterocycles.